The maximum Gasteiger partial charge on any atom is 0.127 e. The number of halogens is 1. The normalized spacial score (nSPS) is 16.8. The summed E-state index contributed by atoms with van der Waals surface area (Å²) in [6.45, 7) is 0. The zero-order chi connectivity index (χ0) is 9.10. The molecule has 68 valence electrons. The Bertz CT molecular complexity index is 343. The summed E-state index contributed by atoms with van der Waals surface area (Å²) in [4.78, 5) is 0. The van der Waals surface area contributed by atoms with Crippen molar-refractivity contribution >= 4 is 10.9 Å². The number of hydrogen-bond donors (Lipinski definition) is 1. The Labute approximate surface area is 80.1 Å². The Morgan fingerprint density at radius 3 is 2.46 bits per heavy atom. The van der Waals surface area contributed by atoms with Crippen molar-refractivity contribution in [3.05, 3.63) is 58.6 Å². The summed E-state index contributed by atoms with van der Waals surface area (Å²) in [6, 6.07) is 7.00. The number of rotatable bonds is 2. The van der Waals surface area contributed by atoms with Gasteiger partial charge in [0.05, 0.1) is 0 Å². The smallest absolute Gasteiger partial charge is 0.127 e. The molecule has 1 aliphatic heterocycles. The summed E-state index contributed by atoms with van der Waals surface area (Å²) < 4.78 is 13.2. The van der Waals surface area contributed by atoms with Gasteiger partial charge in [0, 0.05) is 5.75 Å². The zero-order valence-corrected chi connectivity index (χ0v) is 8.05. The summed E-state index contributed by atoms with van der Waals surface area (Å²) >= 11 is 0. The van der Waals surface area contributed by atoms with Crippen LogP contribution in [0.25, 0.3) is 0 Å². The molecule has 1 aliphatic rings. The van der Waals surface area contributed by atoms with Gasteiger partial charge in [-0.3, -0.25) is 0 Å². The molecule has 2 rings (SSSR count). The van der Waals surface area contributed by atoms with Gasteiger partial charge in [-0.2, -0.15) is 0 Å². The van der Waals surface area contributed by atoms with Gasteiger partial charge in [-0.25, -0.2) is 15.3 Å². The lowest BCUT2D eigenvalue weighted by Gasteiger charge is -2.09. The average Bonchev–Trinajstić information content (AvgIpc) is 2.61. The molecule has 0 unspecified atom stereocenters. The van der Waals surface area contributed by atoms with E-state index in [-0.39, 0.29) is 16.7 Å². The molecule has 0 N–H and O–H groups in total. The molecular weight excluding hydrogens is 183 g/mol. The van der Waals surface area contributed by atoms with E-state index >= 15 is 0 Å². The summed E-state index contributed by atoms with van der Waals surface area (Å²) in [7, 11) is -0.239. The fraction of sp³-hybridized carbons (Fsp3) is 0.0909. The van der Waals surface area contributed by atoms with Crippen LogP contribution in [-0.2, 0) is 5.75 Å². The highest BCUT2D eigenvalue weighted by Crippen LogP contribution is 2.36. The van der Waals surface area contributed by atoms with Crippen molar-refractivity contribution in [3.63, 3.8) is 0 Å². The van der Waals surface area contributed by atoms with Crippen molar-refractivity contribution in [2.45, 2.75) is 5.75 Å². The predicted octanol–water partition coefficient (Wildman–Crippen LogP) is 3.37. The molecule has 0 nitrogen and oxygen atoms in total. The number of thiol groups is 1. The molecule has 0 radical (unpaired) electrons. The minimum atomic E-state index is -0.239. The molecule has 0 amide bonds. The standard InChI is InChI=1S/C11H11FS/c12-11-6-2-1-5-10(11)9-13-7-3-4-8-13/h1-8,13H,9H2. The molecule has 1 aromatic carbocycles. The maximum absolute atomic E-state index is 13.2. The van der Waals surface area contributed by atoms with Crippen molar-refractivity contribution in [2.75, 3.05) is 0 Å². The first-order valence-corrected chi connectivity index (χ1v) is 5.87. The lowest BCUT2D eigenvalue weighted by Crippen LogP contribution is -1.87. The molecule has 0 atom stereocenters. The predicted molar refractivity (Wildman–Crippen MR) is 57.4 cm³/mol. The second-order valence-electron chi connectivity index (χ2n) is 2.95. The molecule has 1 aromatic rings. The van der Waals surface area contributed by atoms with Gasteiger partial charge in [-0.05, 0) is 22.4 Å². The molecule has 0 aromatic heterocycles. The Hall–Kier alpha value is -1.02. The lowest BCUT2D eigenvalue weighted by atomic mass is 10.2. The Kier molecular flexibility index (Phi) is 2.50. The molecule has 0 saturated heterocycles. The van der Waals surface area contributed by atoms with Gasteiger partial charge in [0.25, 0.3) is 0 Å². The summed E-state index contributed by atoms with van der Waals surface area (Å²) in [5.74, 6) is 0.744. The van der Waals surface area contributed by atoms with E-state index in [1.807, 2.05) is 24.3 Å². The van der Waals surface area contributed by atoms with Crippen LogP contribution >= 0.6 is 10.9 Å². The van der Waals surface area contributed by atoms with Gasteiger partial charge < -0.3 is 0 Å². The maximum atomic E-state index is 13.2. The van der Waals surface area contributed by atoms with Gasteiger partial charge in [0.1, 0.15) is 5.82 Å². The van der Waals surface area contributed by atoms with E-state index in [2.05, 4.69) is 10.8 Å². The van der Waals surface area contributed by atoms with Gasteiger partial charge in [0.15, 0.2) is 0 Å². The first-order chi connectivity index (χ1) is 6.36. The zero-order valence-electron chi connectivity index (χ0n) is 7.15. The molecule has 2 heteroatoms. The van der Waals surface area contributed by atoms with Crippen molar-refractivity contribution in [2.24, 2.45) is 0 Å². The minimum Gasteiger partial charge on any atom is -0.209 e. The molecule has 0 fully saturated rings. The quantitative estimate of drug-likeness (QED) is 0.686. The second-order valence-corrected chi connectivity index (χ2v) is 4.89. The van der Waals surface area contributed by atoms with Crippen LogP contribution in [0.15, 0.2) is 47.2 Å². The molecule has 0 spiro atoms. The third-order valence-electron chi connectivity index (χ3n) is 1.98. The fourth-order valence-electron chi connectivity index (χ4n) is 1.30. The molecule has 13 heavy (non-hydrogen) atoms. The van der Waals surface area contributed by atoms with Crippen molar-refractivity contribution in [3.8, 4) is 0 Å². The summed E-state index contributed by atoms with van der Waals surface area (Å²) in [5.41, 5.74) is 0.824. The van der Waals surface area contributed by atoms with E-state index in [1.165, 1.54) is 6.07 Å². The van der Waals surface area contributed by atoms with Crippen LogP contribution in [0.2, 0.25) is 0 Å². The second kappa shape index (κ2) is 3.79. The van der Waals surface area contributed by atoms with Crippen LogP contribution in [0.3, 0.4) is 0 Å². The molecule has 0 bridgehead atoms. The van der Waals surface area contributed by atoms with Crippen LogP contribution in [0.4, 0.5) is 4.39 Å². The molecule has 0 saturated carbocycles. The van der Waals surface area contributed by atoms with E-state index in [4.69, 9.17) is 0 Å². The van der Waals surface area contributed by atoms with E-state index in [9.17, 15) is 4.39 Å². The third-order valence-corrected chi connectivity index (χ3v) is 3.79. The van der Waals surface area contributed by atoms with Crippen molar-refractivity contribution in [1.82, 2.24) is 0 Å². The highest BCUT2D eigenvalue weighted by atomic mass is 32.2. The van der Waals surface area contributed by atoms with E-state index in [0.29, 0.717) is 0 Å². The Morgan fingerprint density at radius 1 is 1.08 bits per heavy atom. The highest BCUT2D eigenvalue weighted by molar-refractivity contribution is 8.21. The van der Waals surface area contributed by atoms with Crippen molar-refractivity contribution in [1.29, 1.82) is 0 Å². The van der Waals surface area contributed by atoms with Crippen LogP contribution < -0.4 is 0 Å². The van der Waals surface area contributed by atoms with Crippen LogP contribution in [0, 0.1) is 5.82 Å². The van der Waals surface area contributed by atoms with Crippen LogP contribution in [0.5, 0.6) is 0 Å². The SMILES string of the molecule is Fc1ccccc1C[SH]1C=CC=C1. The highest BCUT2D eigenvalue weighted by Gasteiger charge is 2.04. The largest absolute Gasteiger partial charge is 0.209 e. The van der Waals surface area contributed by atoms with Gasteiger partial charge in [-0.1, -0.05) is 30.4 Å². The first-order valence-electron chi connectivity index (χ1n) is 4.20. The third kappa shape index (κ3) is 2.01. The fourth-order valence-corrected chi connectivity index (χ4v) is 2.90. The number of allylic oxidation sites excluding steroid dienone is 2. The van der Waals surface area contributed by atoms with Crippen molar-refractivity contribution < 1.29 is 4.39 Å². The number of hydrogen-bond acceptors (Lipinski definition) is 0. The van der Waals surface area contributed by atoms with Crippen LogP contribution in [0.1, 0.15) is 5.56 Å². The minimum absolute atomic E-state index is 0.0845. The number of benzene rings is 1. The molecule has 1 heterocycles. The van der Waals surface area contributed by atoms with Gasteiger partial charge >= 0.3 is 0 Å². The Balaban J connectivity index is 2.13. The lowest BCUT2D eigenvalue weighted by molar-refractivity contribution is 0.617. The first kappa shape index (κ1) is 8.57. The monoisotopic (exact) mass is 194 g/mol. The van der Waals surface area contributed by atoms with Gasteiger partial charge in [-0.15, -0.1) is 0 Å². The Morgan fingerprint density at radius 2 is 1.77 bits per heavy atom. The summed E-state index contributed by atoms with van der Waals surface area (Å²) in [5, 5.41) is 4.31. The molecular formula is C11H11FS. The average molecular weight is 194 g/mol. The van der Waals surface area contributed by atoms with Crippen LogP contribution in [-0.4, -0.2) is 0 Å². The van der Waals surface area contributed by atoms with E-state index in [1.54, 1.807) is 6.07 Å². The topological polar surface area (TPSA) is 0 Å². The van der Waals surface area contributed by atoms with E-state index < -0.39 is 0 Å². The summed E-state index contributed by atoms with van der Waals surface area (Å²) in [6.07, 6.45) is 4.07. The van der Waals surface area contributed by atoms with E-state index in [0.717, 1.165) is 11.3 Å². The molecule has 0 aliphatic carbocycles. The van der Waals surface area contributed by atoms with Gasteiger partial charge in [0.2, 0.25) is 0 Å².